The molecule has 0 aromatic heterocycles. The van der Waals surface area contributed by atoms with E-state index in [0.29, 0.717) is 17.5 Å². The summed E-state index contributed by atoms with van der Waals surface area (Å²) in [5, 5.41) is 0.604. The number of benzene rings is 1. The molecule has 0 spiro atoms. The fourth-order valence-corrected chi connectivity index (χ4v) is 5.23. The number of halogens is 1. The Morgan fingerprint density at radius 3 is 2.00 bits per heavy atom. The average molecular weight is 363 g/mol. The van der Waals surface area contributed by atoms with Crippen LogP contribution >= 0.6 is 11.6 Å². The number of nitrogens with zero attached hydrogens (tertiary/aromatic N) is 1. The van der Waals surface area contributed by atoms with Crippen LogP contribution in [-0.2, 0) is 0 Å². The second-order valence-electron chi connectivity index (χ2n) is 7.86. The van der Waals surface area contributed by atoms with Crippen LogP contribution < -0.4 is 10.6 Å². The van der Waals surface area contributed by atoms with E-state index in [1.165, 1.54) is 64.2 Å². The van der Waals surface area contributed by atoms with Gasteiger partial charge in [0.1, 0.15) is 0 Å². The first-order valence-electron chi connectivity index (χ1n) is 9.98. The maximum atomic E-state index is 12.2. The van der Waals surface area contributed by atoms with Crippen molar-refractivity contribution >= 4 is 23.3 Å². The molecule has 0 saturated heterocycles. The van der Waals surface area contributed by atoms with Gasteiger partial charge in [-0.15, -0.1) is 0 Å². The van der Waals surface area contributed by atoms with Gasteiger partial charge in [-0.2, -0.15) is 0 Å². The van der Waals surface area contributed by atoms with Gasteiger partial charge < -0.3 is 5.73 Å². The van der Waals surface area contributed by atoms with Crippen LogP contribution in [0.4, 0.5) is 10.5 Å². The predicted octanol–water partition coefficient (Wildman–Crippen LogP) is 6.00. The highest BCUT2D eigenvalue weighted by molar-refractivity contribution is 6.33. The van der Waals surface area contributed by atoms with Gasteiger partial charge in [-0.1, -0.05) is 87.9 Å². The number of amides is 2. The molecule has 0 unspecified atom stereocenters. The summed E-state index contributed by atoms with van der Waals surface area (Å²) in [6, 6.07) is 7.18. The molecule has 0 aliphatic heterocycles. The summed E-state index contributed by atoms with van der Waals surface area (Å²) in [7, 11) is 0. The summed E-state index contributed by atoms with van der Waals surface area (Å²) in [5.41, 5.74) is 6.53. The minimum Gasteiger partial charge on any atom is -0.351 e. The number of nitrogens with two attached hydrogens (primary N) is 1. The molecule has 2 fully saturated rings. The lowest BCUT2D eigenvalue weighted by Crippen LogP contribution is -2.44. The molecule has 1 aromatic carbocycles. The second-order valence-corrected chi connectivity index (χ2v) is 8.27. The zero-order valence-electron chi connectivity index (χ0n) is 15.1. The third kappa shape index (κ3) is 4.69. The van der Waals surface area contributed by atoms with Gasteiger partial charge in [-0.3, -0.25) is 4.90 Å². The molecule has 2 saturated carbocycles. The van der Waals surface area contributed by atoms with Gasteiger partial charge in [0.2, 0.25) is 0 Å². The van der Waals surface area contributed by atoms with Crippen molar-refractivity contribution in [2.24, 2.45) is 23.5 Å². The normalized spacial score (nSPS) is 19.9. The lowest BCUT2D eigenvalue weighted by atomic mass is 9.69. The molecule has 0 heterocycles. The monoisotopic (exact) mass is 362 g/mol. The van der Waals surface area contributed by atoms with Crippen LogP contribution in [0.25, 0.3) is 0 Å². The third-order valence-corrected chi connectivity index (χ3v) is 6.63. The number of hydrogen-bond acceptors (Lipinski definition) is 1. The van der Waals surface area contributed by atoms with Crippen molar-refractivity contribution in [1.82, 2.24) is 0 Å². The van der Waals surface area contributed by atoms with Crippen molar-refractivity contribution in [3.63, 3.8) is 0 Å². The third-order valence-electron chi connectivity index (χ3n) is 6.31. The van der Waals surface area contributed by atoms with Gasteiger partial charge >= 0.3 is 6.03 Å². The molecule has 0 radical (unpaired) electrons. The van der Waals surface area contributed by atoms with Crippen molar-refractivity contribution in [2.75, 3.05) is 11.4 Å². The minimum absolute atomic E-state index is 0.385. The van der Waals surface area contributed by atoms with Crippen LogP contribution in [0.5, 0.6) is 0 Å². The number of anilines is 1. The Balaban J connectivity index is 1.83. The molecule has 0 bridgehead atoms. The molecule has 25 heavy (non-hydrogen) atoms. The number of hydrogen-bond donors (Lipinski definition) is 1. The van der Waals surface area contributed by atoms with E-state index < -0.39 is 0 Å². The van der Waals surface area contributed by atoms with Gasteiger partial charge in [0.05, 0.1) is 10.7 Å². The summed E-state index contributed by atoms with van der Waals surface area (Å²) in [6.07, 6.45) is 13.2. The number of urea groups is 1. The van der Waals surface area contributed by atoms with Crippen molar-refractivity contribution < 1.29 is 4.79 Å². The summed E-state index contributed by atoms with van der Waals surface area (Å²) >= 11 is 6.37. The molecular formula is C21H31ClN2O. The van der Waals surface area contributed by atoms with Crippen molar-refractivity contribution in [3.8, 4) is 0 Å². The number of carbonyl (C=O) groups excluding carboxylic acids is 1. The summed E-state index contributed by atoms with van der Waals surface area (Å²) < 4.78 is 0. The van der Waals surface area contributed by atoms with E-state index in [0.717, 1.165) is 17.5 Å². The van der Waals surface area contributed by atoms with Crippen molar-refractivity contribution in [3.05, 3.63) is 29.3 Å². The van der Waals surface area contributed by atoms with E-state index in [-0.39, 0.29) is 6.03 Å². The fraction of sp³-hybridized carbons (Fsp3) is 0.667. The van der Waals surface area contributed by atoms with Crippen molar-refractivity contribution in [1.29, 1.82) is 0 Å². The van der Waals surface area contributed by atoms with Crippen LogP contribution in [-0.4, -0.2) is 12.6 Å². The molecule has 2 aliphatic rings. The van der Waals surface area contributed by atoms with E-state index in [4.69, 9.17) is 17.3 Å². The Bertz CT molecular complexity index is 547. The van der Waals surface area contributed by atoms with Gasteiger partial charge in [0, 0.05) is 6.54 Å². The van der Waals surface area contributed by atoms with Crippen LogP contribution in [0.15, 0.2) is 24.3 Å². The van der Waals surface area contributed by atoms with E-state index in [2.05, 4.69) is 0 Å². The quantitative estimate of drug-likeness (QED) is 0.685. The molecule has 4 heteroatoms. The van der Waals surface area contributed by atoms with E-state index in [1.807, 2.05) is 24.3 Å². The SMILES string of the molecule is NC(=O)N(CC(C1CCCCC1)C1CCCCC1)c1ccccc1Cl. The first-order valence-corrected chi connectivity index (χ1v) is 10.4. The Kier molecular flexibility index (Phi) is 6.63. The largest absolute Gasteiger partial charge is 0.351 e. The molecule has 0 atom stereocenters. The Hall–Kier alpha value is -1.22. The maximum absolute atomic E-state index is 12.2. The predicted molar refractivity (Wildman–Crippen MR) is 105 cm³/mol. The highest BCUT2D eigenvalue weighted by Crippen LogP contribution is 2.41. The van der Waals surface area contributed by atoms with Crippen molar-refractivity contribution in [2.45, 2.75) is 64.2 Å². The van der Waals surface area contributed by atoms with Crippen LogP contribution in [0, 0.1) is 17.8 Å². The molecular weight excluding hydrogens is 332 g/mol. The highest BCUT2D eigenvalue weighted by atomic mass is 35.5. The first-order chi connectivity index (χ1) is 12.2. The standard InChI is InChI=1S/C21H31ClN2O/c22-19-13-7-8-14-20(19)24(21(23)25)15-18(16-9-3-1-4-10-16)17-11-5-2-6-12-17/h7-8,13-14,16-18H,1-6,9-12,15H2,(H2,23,25). The smallest absolute Gasteiger partial charge is 0.319 e. The van der Waals surface area contributed by atoms with Crippen LogP contribution in [0.3, 0.4) is 0 Å². The van der Waals surface area contributed by atoms with E-state index in [9.17, 15) is 4.79 Å². The summed E-state index contributed by atoms with van der Waals surface area (Å²) in [5.74, 6) is 1.99. The van der Waals surface area contributed by atoms with Gasteiger partial charge in [-0.25, -0.2) is 4.79 Å². The summed E-state index contributed by atoms with van der Waals surface area (Å²) in [4.78, 5) is 14.0. The minimum atomic E-state index is -0.385. The molecule has 2 aliphatic carbocycles. The first kappa shape index (κ1) is 18.6. The molecule has 138 valence electrons. The molecule has 2 N–H and O–H groups in total. The number of para-hydroxylation sites is 1. The van der Waals surface area contributed by atoms with Crippen LogP contribution in [0.2, 0.25) is 5.02 Å². The lowest BCUT2D eigenvalue weighted by Gasteiger charge is -2.40. The second kappa shape index (κ2) is 8.93. The maximum Gasteiger partial charge on any atom is 0.319 e. The van der Waals surface area contributed by atoms with Crippen LogP contribution in [0.1, 0.15) is 64.2 Å². The van der Waals surface area contributed by atoms with Gasteiger partial charge in [-0.05, 0) is 29.9 Å². The molecule has 1 aromatic rings. The zero-order valence-corrected chi connectivity index (χ0v) is 15.9. The van der Waals surface area contributed by atoms with E-state index in [1.54, 1.807) is 4.90 Å². The Morgan fingerprint density at radius 1 is 1.00 bits per heavy atom. The Labute approximate surface area is 156 Å². The molecule has 3 rings (SSSR count). The van der Waals surface area contributed by atoms with Gasteiger partial charge in [0.15, 0.2) is 0 Å². The average Bonchev–Trinajstić information content (AvgIpc) is 2.65. The topological polar surface area (TPSA) is 46.3 Å². The Morgan fingerprint density at radius 2 is 1.52 bits per heavy atom. The highest BCUT2D eigenvalue weighted by Gasteiger charge is 2.34. The molecule has 2 amide bonds. The number of rotatable bonds is 5. The van der Waals surface area contributed by atoms with E-state index >= 15 is 0 Å². The number of primary amides is 1. The fourth-order valence-electron chi connectivity index (χ4n) is 5.00. The lowest BCUT2D eigenvalue weighted by molar-refractivity contribution is 0.148. The molecule has 3 nitrogen and oxygen atoms in total. The zero-order chi connectivity index (χ0) is 17.6. The number of carbonyl (C=O) groups is 1. The summed E-state index contributed by atoms with van der Waals surface area (Å²) in [6.45, 7) is 0.717. The van der Waals surface area contributed by atoms with Gasteiger partial charge in [0.25, 0.3) is 0 Å².